The average molecular weight is 534 g/mol. The number of aromatic nitrogens is 1. The Morgan fingerprint density at radius 1 is 1.09 bits per heavy atom. The highest BCUT2D eigenvalue weighted by atomic mass is 79.9. The number of ether oxygens (including phenoxy) is 5. The fourth-order valence-corrected chi connectivity index (χ4v) is 4.96. The number of carbonyl (C=O) groups excluding carboxylic acids is 4. The van der Waals surface area contributed by atoms with Crippen molar-refractivity contribution < 1.29 is 42.9 Å². The lowest BCUT2D eigenvalue weighted by Gasteiger charge is -2.43. The molecule has 1 aromatic heterocycles. The molecule has 0 bridgehead atoms. The molecule has 0 aromatic carbocycles. The Morgan fingerprint density at radius 2 is 1.72 bits per heavy atom. The number of methoxy groups -OCH3 is 1. The monoisotopic (exact) mass is 533 g/mol. The van der Waals surface area contributed by atoms with Gasteiger partial charge in [0, 0.05) is 42.3 Å². The van der Waals surface area contributed by atoms with E-state index in [2.05, 4.69) is 20.9 Å². The molecule has 1 aliphatic rings. The zero-order chi connectivity index (χ0) is 24.0. The van der Waals surface area contributed by atoms with Gasteiger partial charge < -0.3 is 23.7 Å². The Kier molecular flexibility index (Phi) is 9.47. The van der Waals surface area contributed by atoms with Crippen LogP contribution in [0.15, 0.2) is 21.6 Å². The minimum atomic E-state index is -0.847. The van der Waals surface area contributed by atoms with Crippen molar-refractivity contribution in [3.63, 3.8) is 0 Å². The van der Waals surface area contributed by atoms with E-state index in [1.165, 1.54) is 34.1 Å². The summed E-state index contributed by atoms with van der Waals surface area (Å²) in [6.07, 6.45) is -1.07. The van der Waals surface area contributed by atoms with Gasteiger partial charge in [0.25, 0.3) is 0 Å². The molecule has 176 valence electrons. The van der Waals surface area contributed by atoms with Crippen molar-refractivity contribution in [3.05, 3.63) is 22.4 Å². The van der Waals surface area contributed by atoms with Crippen LogP contribution in [-0.4, -0.2) is 66.3 Å². The van der Waals surface area contributed by atoms with Gasteiger partial charge in [-0.25, -0.2) is 9.78 Å². The zero-order valence-corrected chi connectivity index (χ0v) is 20.6. The number of hydrogen-bond donors (Lipinski definition) is 0. The molecular weight excluding hydrogens is 510 g/mol. The van der Waals surface area contributed by atoms with Gasteiger partial charge in [0.05, 0.1) is 7.11 Å². The molecule has 0 N–H and O–H groups in total. The molecule has 0 spiro atoms. The Morgan fingerprint density at radius 3 is 2.28 bits per heavy atom. The number of carbonyl (C=O) groups is 4. The Labute approximate surface area is 197 Å². The standard InChI is InChI=1S/C20H24BrNO9S/c1-9-17(29-11(3)24)14(8-28-10(2)23)31-20(18(9)30-12(4)25)32-15-6-13(21)7-22-16(15)19(26)27-5/h6-7,9,14,17-18,20H,8H2,1-5H3/t9?,14?,17-,18?,20-/m1/s1. The summed E-state index contributed by atoms with van der Waals surface area (Å²) in [4.78, 5) is 51.5. The molecule has 0 radical (unpaired) electrons. The van der Waals surface area contributed by atoms with Gasteiger partial charge in [-0.1, -0.05) is 18.7 Å². The maximum absolute atomic E-state index is 12.2. The molecule has 2 rings (SSSR count). The topological polar surface area (TPSA) is 127 Å². The van der Waals surface area contributed by atoms with Crippen molar-refractivity contribution in [2.75, 3.05) is 13.7 Å². The summed E-state index contributed by atoms with van der Waals surface area (Å²) in [6, 6.07) is 1.65. The second-order valence-electron chi connectivity index (χ2n) is 6.96. The van der Waals surface area contributed by atoms with Gasteiger partial charge in [0.1, 0.15) is 30.4 Å². The average Bonchev–Trinajstić information content (AvgIpc) is 2.70. The SMILES string of the molecule is COC(=O)c1ncc(Br)cc1S[C@H]1OC(COC(C)=O)[C@H](OC(C)=O)C(C)C1OC(C)=O. The van der Waals surface area contributed by atoms with Crippen LogP contribution in [0.4, 0.5) is 0 Å². The van der Waals surface area contributed by atoms with Gasteiger partial charge in [0.15, 0.2) is 5.69 Å². The number of hydrogen-bond acceptors (Lipinski definition) is 11. The van der Waals surface area contributed by atoms with Crippen LogP contribution in [0.5, 0.6) is 0 Å². The largest absolute Gasteiger partial charge is 0.464 e. The summed E-state index contributed by atoms with van der Waals surface area (Å²) in [7, 11) is 1.24. The van der Waals surface area contributed by atoms with Gasteiger partial charge in [0.2, 0.25) is 0 Å². The Hall–Kier alpha value is -2.18. The summed E-state index contributed by atoms with van der Waals surface area (Å²) in [5, 5.41) is 0. The fraction of sp³-hybridized carbons (Fsp3) is 0.550. The second-order valence-corrected chi connectivity index (χ2v) is 9.02. The molecule has 3 unspecified atom stereocenters. The molecule has 0 saturated carbocycles. The highest BCUT2D eigenvalue weighted by Crippen LogP contribution is 2.40. The first-order chi connectivity index (χ1) is 15.0. The summed E-state index contributed by atoms with van der Waals surface area (Å²) in [6.45, 7) is 5.30. The number of rotatable bonds is 7. The zero-order valence-electron chi connectivity index (χ0n) is 18.2. The van der Waals surface area contributed by atoms with E-state index in [1.807, 2.05) is 0 Å². The third-order valence-corrected chi connectivity index (χ3v) is 6.09. The molecule has 2 heterocycles. The second kappa shape index (κ2) is 11.6. The van der Waals surface area contributed by atoms with E-state index in [4.69, 9.17) is 23.7 Å². The van der Waals surface area contributed by atoms with Crippen LogP contribution >= 0.6 is 27.7 Å². The van der Waals surface area contributed by atoms with Crippen LogP contribution in [0.25, 0.3) is 0 Å². The molecule has 0 aliphatic carbocycles. The van der Waals surface area contributed by atoms with E-state index in [-0.39, 0.29) is 12.3 Å². The maximum Gasteiger partial charge on any atom is 0.357 e. The van der Waals surface area contributed by atoms with Crippen molar-refractivity contribution in [3.8, 4) is 0 Å². The minimum absolute atomic E-state index is 0.0529. The molecule has 10 nitrogen and oxygen atoms in total. The number of pyridine rings is 1. The van der Waals surface area contributed by atoms with E-state index in [1.54, 1.807) is 13.0 Å². The maximum atomic E-state index is 12.2. The van der Waals surface area contributed by atoms with Crippen LogP contribution in [0.2, 0.25) is 0 Å². The molecule has 1 saturated heterocycles. The predicted molar refractivity (Wildman–Crippen MR) is 115 cm³/mol. The number of esters is 4. The van der Waals surface area contributed by atoms with Crippen LogP contribution in [-0.2, 0) is 38.1 Å². The number of nitrogens with zero attached hydrogens (tertiary/aromatic N) is 1. The first kappa shape index (κ1) is 26.1. The van der Waals surface area contributed by atoms with Gasteiger partial charge in [-0.3, -0.25) is 14.4 Å². The molecule has 0 amide bonds. The third-order valence-electron chi connectivity index (χ3n) is 4.48. The highest BCUT2D eigenvalue weighted by molar-refractivity contribution is 9.10. The van der Waals surface area contributed by atoms with Crippen LogP contribution in [0.3, 0.4) is 0 Å². The molecular formula is C20H24BrNO9S. The molecule has 1 aliphatic heterocycles. The summed E-state index contributed by atoms with van der Waals surface area (Å²) >= 11 is 4.41. The lowest BCUT2D eigenvalue weighted by Crippen LogP contribution is -2.56. The van der Waals surface area contributed by atoms with E-state index < -0.39 is 53.5 Å². The van der Waals surface area contributed by atoms with Gasteiger partial charge >= 0.3 is 23.9 Å². The van der Waals surface area contributed by atoms with E-state index in [9.17, 15) is 19.2 Å². The first-order valence-corrected chi connectivity index (χ1v) is 11.2. The summed E-state index contributed by atoms with van der Waals surface area (Å²) < 4.78 is 27.5. The fourth-order valence-electron chi connectivity index (χ4n) is 3.14. The summed E-state index contributed by atoms with van der Waals surface area (Å²) in [5.74, 6) is -2.82. The predicted octanol–water partition coefficient (Wildman–Crippen LogP) is 2.51. The Bertz CT molecular complexity index is 879. The van der Waals surface area contributed by atoms with Crippen LogP contribution in [0.1, 0.15) is 38.2 Å². The molecule has 1 aromatic rings. The van der Waals surface area contributed by atoms with Gasteiger partial charge in [-0.2, -0.15) is 0 Å². The third kappa shape index (κ3) is 6.91. The van der Waals surface area contributed by atoms with Crippen molar-refractivity contribution in [2.45, 2.75) is 56.3 Å². The lowest BCUT2D eigenvalue weighted by molar-refractivity contribution is -0.212. The first-order valence-electron chi connectivity index (χ1n) is 9.57. The van der Waals surface area contributed by atoms with E-state index in [0.717, 1.165) is 11.8 Å². The Balaban J connectivity index is 2.42. The highest BCUT2D eigenvalue weighted by Gasteiger charge is 2.48. The normalized spacial score (nSPS) is 24.9. The quantitative estimate of drug-likeness (QED) is 0.378. The van der Waals surface area contributed by atoms with Crippen LogP contribution < -0.4 is 0 Å². The van der Waals surface area contributed by atoms with Crippen molar-refractivity contribution >= 4 is 51.6 Å². The van der Waals surface area contributed by atoms with Crippen molar-refractivity contribution in [2.24, 2.45) is 5.92 Å². The smallest absolute Gasteiger partial charge is 0.357 e. The number of halogens is 1. The van der Waals surface area contributed by atoms with E-state index in [0.29, 0.717) is 9.37 Å². The molecule has 5 atom stereocenters. The molecule has 1 fully saturated rings. The number of thioether (sulfide) groups is 1. The van der Waals surface area contributed by atoms with Gasteiger partial charge in [-0.15, -0.1) is 0 Å². The molecule has 32 heavy (non-hydrogen) atoms. The van der Waals surface area contributed by atoms with E-state index >= 15 is 0 Å². The van der Waals surface area contributed by atoms with Crippen LogP contribution in [0, 0.1) is 5.92 Å². The van der Waals surface area contributed by atoms with Gasteiger partial charge in [-0.05, 0) is 22.0 Å². The van der Waals surface area contributed by atoms with Crippen molar-refractivity contribution in [1.82, 2.24) is 4.98 Å². The lowest BCUT2D eigenvalue weighted by atomic mass is 9.91. The summed E-state index contributed by atoms with van der Waals surface area (Å²) in [5.41, 5.74) is -0.780. The van der Waals surface area contributed by atoms with Crippen molar-refractivity contribution in [1.29, 1.82) is 0 Å². The minimum Gasteiger partial charge on any atom is -0.464 e. The molecule has 12 heteroatoms.